The number of nitrogens with zero attached hydrogens (tertiary/aromatic N) is 1. The molecule has 2 nitrogen and oxygen atoms in total. The number of aryl methyl sites for hydroxylation is 4. The van der Waals surface area contributed by atoms with Crippen molar-refractivity contribution in [2.45, 2.75) is 34.2 Å². The molecule has 0 amide bonds. The molecule has 1 aromatic heterocycles. The Hall–Kier alpha value is -1.19. The van der Waals surface area contributed by atoms with Crippen LogP contribution in [0.2, 0.25) is 0 Å². The summed E-state index contributed by atoms with van der Waals surface area (Å²) < 4.78 is 0. The minimum atomic E-state index is 0.520. The maximum atomic E-state index is 5.69. The van der Waals surface area contributed by atoms with Crippen LogP contribution in [0.4, 0.5) is 0 Å². The monoisotopic (exact) mass is 246 g/mol. The van der Waals surface area contributed by atoms with E-state index in [9.17, 15) is 0 Å². The van der Waals surface area contributed by atoms with Crippen molar-refractivity contribution in [3.63, 3.8) is 0 Å². The first-order chi connectivity index (χ1) is 8.02. The Bertz CT molecular complexity index is 532. The Morgan fingerprint density at radius 2 is 1.71 bits per heavy atom. The molecular weight excluding hydrogens is 228 g/mol. The average molecular weight is 246 g/mol. The highest BCUT2D eigenvalue weighted by atomic mass is 32.1. The minimum Gasteiger partial charge on any atom is -0.325 e. The molecule has 1 aromatic carbocycles. The van der Waals surface area contributed by atoms with Gasteiger partial charge in [-0.3, -0.25) is 0 Å². The third kappa shape index (κ3) is 2.26. The van der Waals surface area contributed by atoms with Gasteiger partial charge in [-0.2, -0.15) is 0 Å². The topological polar surface area (TPSA) is 38.9 Å². The van der Waals surface area contributed by atoms with Crippen molar-refractivity contribution in [3.8, 4) is 10.6 Å². The van der Waals surface area contributed by atoms with E-state index in [1.807, 2.05) is 0 Å². The van der Waals surface area contributed by atoms with Gasteiger partial charge in [0.2, 0.25) is 0 Å². The Balaban J connectivity index is 2.60. The highest BCUT2D eigenvalue weighted by molar-refractivity contribution is 7.15. The maximum absolute atomic E-state index is 5.69. The first-order valence-electron chi connectivity index (χ1n) is 5.77. The number of hydrogen-bond donors (Lipinski definition) is 1. The van der Waals surface area contributed by atoms with Crippen LogP contribution in [0.25, 0.3) is 10.6 Å². The first kappa shape index (κ1) is 12.3. The zero-order chi connectivity index (χ0) is 12.6. The fourth-order valence-electron chi connectivity index (χ4n) is 2.24. The molecule has 2 rings (SSSR count). The second-order valence-electron chi connectivity index (χ2n) is 4.50. The summed E-state index contributed by atoms with van der Waals surface area (Å²) in [5.74, 6) is 0. The molecule has 0 aliphatic heterocycles. The van der Waals surface area contributed by atoms with Crippen molar-refractivity contribution >= 4 is 11.3 Å². The summed E-state index contributed by atoms with van der Waals surface area (Å²) >= 11 is 1.74. The molecule has 0 aliphatic rings. The number of hydrogen-bond acceptors (Lipinski definition) is 3. The van der Waals surface area contributed by atoms with Crippen LogP contribution < -0.4 is 5.73 Å². The quantitative estimate of drug-likeness (QED) is 0.880. The van der Waals surface area contributed by atoms with Gasteiger partial charge in [-0.1, -0.05) is 17.7 Å². The van der Waals surface area contributed by atoms with E-state index in [1.54, 1.807) is 11.3 Å². The minimum absolute atomic E-state index is 0.520. The van der Waals surface area contributed by atoms with E-state index in [2.05, 4.69) is 44.8 Å². The summed E-state index contributed by atoms with van der Waals surface area (Å²) in [6.45, 7) is 9.03. The van der Waals surface area contributed by atoms with Crippen LogP contribution >= 0.6 is 11.3 Å². The van der Waals surface area contributed by atoms with E-state index in [-0.39, 0.29) is 0 Å². The van der Waals surface area contributed by atoms with Gasteiger partial charge < -0.3 is 5.73 Å². The Labute approximate surface area is 107 Å². The molecule has 2 N–H and O–H groups in total. The van der Waals surface area contributed by atoms with Gasteiger partial charge in [-0.05, 0) is 38.8 Å². The van der Waals surface area contributed by atoms with E-state index in [4.69, 9.17) is 5.73 Å². The number of aromatic nitrogens is 1. The number of nitrogens with two attached hydrogens (primary N) is 1. The largest absolute Gasteiger partial charge is 0.325 e. The Morgan fingerprint density at radius 1 is 1.12 bits per heavy atom. The molecular formula is C14H18N2S. The van der Waals surface area contributed by atoms with Gasteiger partial charge in [-0.25, -0.2) is 4.98 Å². The number of benzene rings is 1. The third-order valence-corrected chi connectivity index (χ3v) is 4.01. The zero-order valence-corrected chi connectivity index (χ0v) is 11.6. The molecule has 0 radical (unpaired) electrons. The standard InChI is InChI=1S/C14H18N2S/c1-8-5-9(2)13(10(3)6-8)14-16-12(7-15)11(4)17-14/h5-6H,7,15H2,1-4H3. The van der Waals surface area contributed by atoms with Crippen molar-refractivity contribution in [2.75, 3.05) is 0 Å². The lowest BCUT2D eigenvalue weighted by Gasteiger charge is -2.08. The van der Waals surface area contributed by atoms with Gasteiger partial charge in [0.1, 0.15) is 5.01 Å². The molecule has 1 heterocycles. The molecule has 2 aromatic rings. The van der Waals surface area contributed by atoms with Crippen LogP contribution in [0.5, 0.6) is 0 Å². The molecule has 0 saturated carbocycles. The fraction of sp³-hybridized carbons (Fsp3) is 0.357. The summed E-state index contributed by atoms with van der Waals surface area (Å²) in [6.07, 6.45) is 0. The lowest BCUT2D eigenvalue weighted by molar-refractivity contribution is 0.997. The van der Waals surface area contributed by atoms with Crippen molar-refractivity contribution in [1.82, 2.24) is 4.98 Å². The molecule has 0 bridgehead atoms. The second kappa shape index (κ2) is 4.59. The molecule has 0 atom stereocenters. The molecule has 0 fully saturated rings. The van der Waals surface area contributed by atoms with Crippen LogP contribution in [0, 0.1) is 27.7 Å². The van der Waals surface area contributed by atoms with Gasteiger partial charge in [0.15, 0.2) is 0 Å². The van der Waals surface area contributed by atoms with Crippen molar-refractivity contribution in [1.29, 1.82) is 0 Å². The van der Waals surface area contributed by atoms with Crippen LogP contribution in [0.15, 0.2) is 12.1 Å². The van der Waals surface area contributed by atoms with E-state index in [0.29, 0.717) is 6.54 Å². The van der Waals surface area contributed by atoms with Gasteiger partial charge >= 0.3 is 0 Å². The van der Waals surface area contributed by atoms with Gasteiger partial charge in [0, 0.05) is 17.0 Å². The Morgan fingerprint density at radius 3 is 2.18 bits per heavy atom. The van der Waals surface area contributed by atoms with Crippen LogP contribution in [-0.4, -0.2) is 4.98 Å². The summed E-state index contributed by atoms with van der Waals surface area (Å²) in [5.41, 5.74) is 11.9. The van der Waals surface area contributed by atoms with Crippen LogP contribution in [0.1, 0.15) is 27.3 Å². The second-order valence-corrected chi connectivity index (χ2v) is 5.70. The average Bonchev–Trinajstić information content (AvgIpc) is 2.57. The van der Waals surface area contributed by atoms with Crippen molar-refractivity contribution in [3.05, 3.63) is 39.4 Å². The third-order valence-electron chi connectivity index (χ3n) is 2.98. The Kier molecular flexibility index (Phi) is 3.31. The van der Waals surface area contributed by atoms with E-state index < -0.39 is 0 Å². The van der Waals surface area contributed by atoms with E-state index >= 15 is 0 Å². The smallest absolute Gasteiger partial charge is 0.124 e. The highest BCUT2D eigenvalue weighted by Gasteiger charge is 2.12. The lowest BCUT2D eigenvalue weighted by atomic mass is 10.0. The van der Waals surface area contributed by atoms with Crippen molar-refractivity contribution < 1.29 is 0 Å². The molecule has 90 valence electrons. The lowest BCUT2D eigenvalue weighted by Crippen LogP contribution is -1.98. The SMILES string of the molecule is Cc1cc(C)c(-c2nc(CN)c(C)s2)c(C)c1. The molecule has 0 spiro atoms. The highest BCUT2D eigenvalue weighted by Crippen LogP contribution is 2.32. The first-order valence-corrected chi connectivity index (χ1v) is 6.59. The van der Waals surface area contributed by atoms with Crippen LogP contribution in [-0.2, 0) is 6.54 Å². The molecule has 0 aliphatic carbocycles. The number of thiazole rings is 1. The molecule has 3 heteroatoms. The molecule has 0 unspecified atom stereocenters. The molecule has 17 heavy (non-hydrogen) atoms. The summed E-state index contributed by atoms with van der Waals surface area (Å²) in [7, 11) is 0. The predicted molar refractivity (Wildman–Crippen MR) is 74.4 cm³/mol. The normalized spacial score (nSPS) is 10.9. The van der Waals surface area contributed by atoms with Gasteiger partial charge in [0.25, 0.3) is 0 Å². The predicted octanol–water partition coefficient (Wildman–Crippen LogP) is 3.50. The van der Waals surface area contributed by atoms with E-state index in [1.165, 1.54) is 27.1 Å². The van der Waals surface area contributed by atoms with E-state index in [0.717, 1.165) is 10.7 Å². The summed E-state index contributed by atoms with van der Waals surface area (Å²) in [4.78, 5) is 5.87. The van der Waals surface area contributed by atoms with Gasteiger partial charge in [0.05, 0.1) is 5.69 Å². The summed E-state index contributed by atoms with van der Waals surface area (Å²) in [6, 6.07) is 4.42. The van der Waals surface area contributed by atoms with Gasteiger partial charge in [-0.15, -0.1) is 11.3 Å². The van der Waals surface area contributed by atoms with Crippen molar-refractivity contribution in [2.24, 2.45) is 5.73 Å². The zero-order valence-electron chi connectivity index (χ0n) is 10.8. The summed E-state index contributed by atoms with van der Waals surface area (Å²) in [5, 5.41) is 1.10. The maximum Gasteiger partial charge on any atom is 0.124 e. The number of rotatable bonds is 2. The fourth-order valence-corrected chi connectivity index (χ4v) is 3.36. The molecule has 0 saturated heterocycles. The van der Waals surface area contributed by atoms with Crippen LogP contribution in [0.3, 0.4) is 0 Å².